The van der Waals surface area contributed by atoms with E-state index in [9.17, 15) is 10.1 Å². The zero-order valence-electron chi connectivity index (χ0n) is 17.2. The largest absolute Gasteiger partial charge is 0.362 e. The number of anilines is 2. The van der Waals surface area contributed by atoms with Crippen molar-refractivity contribution in [1.82, 2.24) is 19.7 Å². The summed E-state index contributed by atoms with van der Waals surface area (Å²) in [5.74, 6) is 0.368. The molecule has 0 saturated heterocycles. The molecule has 0 aliphatic rings. The minimum Gasteiger partial charge on any atom is -0.362 e. The van der Waals surface area contributed by atoms with Crippen LogP contribution in [0.3, 0.4) is 0 Å². The van der Waals surface area contributed by atoms with Crippen molar-refractivity contribution in [2.45, 2.75) is 27.3 Å². The molecular formula is C21H23N7O. The number of carbonyl (C=O) groups excluding carboxylic acids is 1. The summed E-state index contributed by atoms with van der Waals surface area (Å²) in [6, 6.07) is 5.81. The Morgan fingerprint density at radius 3 is 2.59 bits per heavy atom. The fourth-order valence-electron chi connectivity index (χ4n) is 3.04. The normalized spacial score (nSPS) is 10.5. The molecule has 3 aromatic heterocycles. The minimum absolute atomic E-state index is 0.238. The van der Waals surface area contributed by atoms with E-state index in [1.165, 1.54) is 0 Å². The Hall–Kier alpha value is -3.73. The van der Waals surface area contributed by atoms with Crippen LogP contribution >= 0.6 is 0 Å². The summed E-state index contributed by atoms with van der Waals surface area (Å²) < 4.78 is 1.73. The smallest absolute Gasteiger partial charge is 0.259 e. The van der Waals surface area contributed by atoms with Crippen molar-refractivity contribution in [3.63, 3.8) is 0 Å². The van der Waals surface area contributed by atoms with E-state index in [2.05, 4.69) is 26.5 Å². The van der Waals surface area contributed by atoms with Crippen LogP contribution in [0.2, 0.25) is 0 Å². The maximum absolute atomic E-state index is 12.7. The zero-order valence-corrected chi connectivity index (χ0v) is 17.2. The number of rotatable bonds is 5. The van der Waals surface area contributed by atoms with Gasteiger partial charge in [0.05, 0.1) is 28.7 Å². The number of aromatic nitrogens is 4. The monoisotopic (exact) mass is 389 g/mol. The van der Waals surface area contributed by atoms with Gasteiger partial charge < -0.3 is 10.2 Å². The lowest BCUT2D eigenvalue weighted by atomic mass is 10.0. The second-order valence-corrected chi connectivity index (χ2v) is 6.90. The molecule has 0 atom stereocenters. The lowest BCUT2D eigenvalue weighted by Crippen LogP contribution is -2.13. The Balaban J connectivity index is 1.93. The van der Waals surface area contributed by atoms with Crippen LogP contribution < -0.4 is 10.2 Å². The number of carbonyl (C=O) groups is 1. The molecular weight excluding hydrogens is 366 g/mol. The lowest BCUT2D eigenvalue weighted by molar-refractivity contribution is 0.102. The summed E-state index contributed by atoms with van der Waals surface area (Å²) in [5, 5.41) is 16.7. The van der Waals surface area contributed by atoms with E-state index in [1.54, 1.807) is 41.2 Å². The average Bonchev–Trinajstić information content (AvgIpc) is 3.09. The van der Waals surface area contributed by atoms with Crippen LogP contribution in [-0.2, 0) is 6.54 Å². The van der Waals surface area contributed by atoms with Crippen LogP contribution in [0.1, 0.15) is 34.2 Å². The van der Waals surface area contributed by atoms with Gasteiger partial charge in [-0.25, -0.2) is 4.98 Å². The first kappa shape index (κ1) is 20.0. The van der Waals surface area contributed by atoms with Crippen LogP contribution in [-0.4, -0.2) is 39.8 Å². The highest BCUT2D eigenvalue weighted by Crippen LogP contribution is 2.28. The molecule has 0 spiro atoms. The number of hydrogen-bond donors (Lipinski definition) is 1. The Bertz CT molecular complexity index is 1110. The van der Waals surface area contributed by atoms with Gasteiger partial charge in [-0.1, -0.05) is 0 Å². The average molecular weight is 389 g/mol. The van der Waals surface area contributed by atoms with Crippen LogP contribution in [0.5, 0.6) is 0 Å². The number of nitriles is 1. The second-order valence-electron chi connectivity index (χ2n) is 6.90. The number of nitrogens with zero attached hydrogens (tertiary/aromatic N) is 6. The van der Waals surface area contributed by atoms with E-state index >= 15 is 0 Å². The molecule has 3 heterocycles. The third-order valence-electron chi connectivity index (χ3n) is 4.58. The van der Waals surface area contributed by atoms with Crippen LogP contribution in [0.15, 0.2) is 30.7 Å². The molecule has 0 radical (unpaired) electrons. The maximum Gasteiger partial charge on any atom is 0.259 e. The first-order valence-electron chi connectivity index (χ1n) is 9.24. The van der Waals surface area contributed by atoms with Gasteiger partial charge in [0.2, 0.25) is 0 Å². The predicted octanol–water partition coefficient (Wildman–Crippen LogP) is 3.17. The highest BCUT2D eigenvalue weighted by atomic mass is 16.1. The molecule has 1 N–H and O–H groups in total. The molecule has 0 bridgehead atoms. The second kappa shape index (κ2) is 8.10. The summed E-state index contributed by atoms with van der Waals surface area (Å²) in [6.45, 7) is 6.35. The van der Waals surface area contributed by atoms with E-state index in [-0.39, 0.29) is 5.91 Å². The van der Waals surface area contributed by atoms with Gasteiger partial charge in [0, 0.05) is 49.9 Å². The molecule has 148 valence electrons. The maximum atomic E-state index is 12.7. The lowest BCUT2D eigenvalue weighted by Gasteiger charge is -2.14. The third kappa shape index (κ3) is 4.09. The van der Waals surface area contributed by atoms with E-state index in [1.807, 2.05) is 34.0 Å². The van der Waals surface area contributed by atoms with Gasteiger partial charge in [0.1, 0.15) is 11.9 Å². The van der Waals surface area contributed by atoms with Crippen molar-refractivity contribution in [2.24, 2.45) is 0 Å². The summed E-state index contributed by atoms with van der Waals surface area (Å²) in [7, 11) is 3.68. The van der Waals surface area contributed by atoms with E-state index in [0.717, 1.165) is 16.8 Å². The quantitative estimate of drug-likeness (QED) is 0.719. The Labute approximate surface area is 169 Å². The number of amides is 1. The summed E-state index contributed by atoms with van der Waals surface area (Å²) >= 11 is 0. The highest BCUT2D eigenvalue weighted by Gasteiger charge is 2.15. The fraction of sp³-hybridized carbons (Fsp3) is 0.286. The molecule has 0 aliphatic carbocycles. The molecule has 3 rings (SSSR count). The number of aryl methyl sites for hydroxylation is 3. The third-order valence-corrected chi connectivity index (χ3v) is 4.58. The summed E-state index contributed by atoms with van der Waals surface area (Å²) in [6.07, 6.45) is 5.06. The van der Waals surface area contributed by atoms with Crippen LogP contribution in [0.4, 0.5) is 11.5 Å². The van der Waals surface area contributed by atoms with E-state index in [0.29, 0.717) is 34.9 Å². The van der Waals surface area contributed by atoms with Crippen molar-refractivity contribution >= 4 is 17.4 Å². The molecule has 8 nitrogen and oxygen atoms in total. The minimum atomic E-state index is -0.238. The first-order valence-corrected chi connectivity index (χ1v) is 9.24. The van der Waals surface area contributed by atoms with Crippen molar-refractivity contribution in [3.8, 4) is 17.2 Å². The Morgan fingerprint density at radius 2 is 1.97 bits per heavy atom. The van der Waals surface area contributed by atoms with Gasteiger partial charge in [-0.15, -0.1) is 0 Å². The Kier molecular flexibility index (Phi) is 5.59. The molecule has 8 heteroatoms. The van der Waals surface area contributed by atoms with Gasteiger partial charge in [0.15, 0.2) is 0 Å². The number of nitrogens with one attached hydrogen (secondary N) is 1. The van der Waals surface area contributed by atoms with Gasteiger partial charge in [0.25, 0.3) is 5.91 Å². The standard InChI is InChI=1S/C21H23N7O/c1-6-28-12-19(14(3)26-28)21(29)25-17-8-18(13(2)23-11-17)16-7-15(9-22)20(24-10-16)27(4)5/h7-8,10-12H,6H2,1-5H3,(H,25,29). The highest BCUT2D eigenvalue weighted by molar-refractivity contribution is 6.05. The van der Waals surface area contributed by atoms with Crippen LogP contribution in [0, 0.1) is 25.2 Å². The fourth-order valence-corrected chi connectivity index (χ4v) is 3.04. The molecule has 29 heavy (non-hydrogen) atoms. The first-order chi connectivity index (χ1) is 13.8. The van der Waals surface area contributed by atoms with Gasteiger partial charge in [-0.3, -0.25) is 14.5 Å². The Morgan fingerprint density at radius 1 is 1.21 bits per heavy atom. The molecule has 1 amide bonds. The van der Waals surface area contributed by atoms with Crippen molar-refractivity contribution < 1.29 is 4.79 Å². The predicted molar refractivity (Wildman–Crippen MR) is 112 cm³/mol. The molecule has 0 saturated carbocycles. The topological polar surface area (TPSA) is 99.7 Å². The van der Waals surface area contributed by atoms with Gasteiger partial charge >= 0.3 is 0 Å². The number of pyridine rings is 2. The van der Waals surface area contributed by atoms with Crippen molar-refractivity contribution in [1.29, 1.82) is 5.26 Å². The summed E-state index contributed by atoms with van der Waals surface area (Å²) in [5.41, 5.74) is 4.59. The molecule has 0 fully saturated rings. The molecule has 0 aromatic carbocycles. The van der Waals surface area contributed by atoms with Crippen LogP contribution in [0.25, 0.3) is 11.1 Å². The van der Waals surface area contributed by atoms with Gasteiger partial charge in [-0.05, 0) is 32.9 Å². The van der Waals surface area contributed by atoms with E-state index in [4.69, 9.17) is 0 Å². The van der Waals surface area contributed by atoms with E-state index < -0.39 is 0 Å². The number of hydrogen-bond acceptors (Lipinski definition) is 6. The summed E-state index contributed by atoms with van der Waals surface area (Å²) in [4.78, 5) is 23.3. The van der Waals surface area contributed by atoms with Crippen molar-refractivity contribution in [3.05, 3.63) is 53.2 Å². The van der Waals surface area contributed by atoms with Crippen molar-refractivity contribution in [2.75, 3.05) is 24.3 Å². The zero-order chi connectivity index (χ0) is 21.1. The molecule has 0 aliphatic heterocycles. The SMILES string of the molecule is CCn1cc(C(=O)Nc2cnc(C)c(-c3cnc(N(C)C)c(C#N)c3)c2)c(C)n1. The molecule has 3 aromatic rings. The van der Waals surface area contributed by atoms with Gasteiger partial charge in [-0.2, -0.15) is 10.4 Å². The molecule has 0 unspecified atom stereocenters.